The van der Waals surface area contributed by atoms with Crippen LogP contribution in [0.1, 0.15) is 37.7 Å². The number of nitrogens with zero attached hydrogens (tertiary/aromatic N) is 2. The molecule has 1 N–H and O–H groups in total. The number of hydrogen-bond acceptors (Lipinski definition) is 4. The molecule has 4 rings (SSSR count). The molecule has 142 valence electrons. The molecule has 0 amide bonds. The van der Waals surface area contributed by atoms with E-state index < -0.39 is 0 Å². The summed E-state index contributed by atoms with van der Waals surface area (Å²) in [5, 5.41) is 3.59. The van der Waals surface area contributed by atoms with Gasteiger partial charge in [0, 0.05) is 18.7 Å². The average molecular weight is 369 g/mol. The summed E-state index contributed by atoms with van der Waals surface area (Å²) in [5.41, 5.74) is 2.82. The standard InChI is InChI=1S/C21H24FN3O2/c1-3-16(14-5-8-19-20(11-14)27-10-9-26-19)23-13-21-24-17-12-15(22)6-7-18(17)25(21)4-2/h5-8,11-12,16,23H,3-4,9-10,13H2,1-2H3. The Morgan fingerprint density at radius 3 is 2.70 bits per heavy atom. The van der Waals surface area contributed by atoms with Crippen molar-refractivity contribution in [3.8, 4) is 11.5 Å². The molecule has 1 aromatic heterocycles. The Bertz CT molecular complexity index is 954. The van der Waals surface area contributed by atoms with Crippen LogP contribution in [-0.2, 0) is 13.1 Å². The van der Waals surface area contributed by atoms with Crippen molar-refractivity contribution >= 4 is 11.0 Å². The number of halogens is 1. The summed E-state index contributed by atoms with van der Waals surface area (Å²) in [6.45, 7) is 6.79. The maximum atomic E-state index is 13.5. The van der Waals surface area contributed by atoms with Gasteiger partial charge in [0.25, 0.3) is 0 Å². The Kier molecular flexibility index (Phi) is 4.99. The maximum Gasteiger partial charge on any atom is 0.161 e. The van der Waals surface area contributed by atoms with Crippen LogP contribution in [0.2, 0.25) is 0 Å². The van der Waals surface area contributed by atoms with E-state index in [1.807, 2.05) is 12.1 Å². The Balaban J connectivity index is 1.55. The monoisotopic (exact) mass is 369 g/mol. The summed E-state index contributed by atoms with van der Waals surface area (Å²) in [4.78, 5) is 4.63. The first-order valence-electron chi connectivity index (χ1n) is 9.47. The number of aryl methyl sites for hydroxylation is 1. The molecule has 0 radical (unpaired) electrons. The Morgan fingerprint density at radius 2 is 1.93 bits per heavy atom. The number of rotatable bonds is 6. The maximum absolute atomic E-state index is 13.5. The summed E-state index contributed by atoms with van der Waals surface area (Å²) in [6.07, 6.45) is 0.931. The Hall–Kier alpha value is -2.60. The van der Waals surface area contributed by atoms with Gasteiger partial charge in [-0.05, 0) is 43.2 Å². The fourth-order valence-corrected chi connectivity index (χ4v) is 3.63. The van der Waals surface area contributed by atoms with Crippen molar-refractivity contribution in [3.05, 3.63) is 53.6 Å². The lowest BCUT2D eigenvalue weighted by atomic mass is 10.0. The second kappa shape index (κ2) is 7.56. The summed E-state index contributed by atoms with van der Waals surface area (Å²) >= 11 is 0. The van der Waals surface area contributed by atoms with Crippen molar-refractivity contribution in [2.75, 3.05) is 13.2 Å². The zero-order valence-electron chi connectivity index (χ0n) is 15.7. The van der Waals surface area contributed by atoms with Gasteiger partial charge in [-0.2, -0.15) is 0 Å². The molecule has 27 heavy (non-hydrogen) atoms. The van der Waals surface area contributed by atoms with Gasteiger partial charge in [0.05, 0.1) is 17.6 Å². The van der Waals surface area contributed by atoms with E-state index in [9.17, 15) is 4.39 Å². The van der Waals surface area contributed by atoms with Gasteiger partial charge in [-0.3, -0.25) is 0 Å². The molecule has 1 atom stereocenters. The Morgan fingerprint density at radius 1 is 1.11 bits per heavy atom. The van der Waals surface area contributed by atoms with Crippen LogP contribution in [0.4, 0.5) is 4.39 Å². The van der Waals surface area contributed by atoms with Crippen LogP contribution in [0.15, 0.2) is 36.4 Å². The van der Waals surface area contributed by atoms with E-state index in [0.717, 1.165) is 41.4 Å². The molecule has 5 nitrogen and oxygen atoms in total. The lowest BCUT2D eigenvalue weighted by Crippen LogP contribution is -2.23. The number of hydrogen-bond donors (Lipinski definition) is 1. The van der Waals surface area contributed by atoms with Gasteiger partial charge in [-0.25, -0.2) is 9.37 Å². The first kappa shape index (κ1) is 17.8. The zero-order valence-corrected chi connectivity index (χ0v) is 15.7. The summed E-state index contributed by atoms with van der Waals surface area (Å²) < 4.78 is 27.0. The minimum Gasteiger partial charge on any atom is -0.486 e. The lowest BCUT2D eigenvalue weighted by Gasteiger charge is -2.22. The minimum atomic E-state index is -0.259. The second-order valence-corrected chi connectivity index (χ2v) is 6.65. The van der Waals surface area contributed by atoms with Gasteiger partial charge < -0.3 is 19.4 Å². The molecule has 0 saturated carbocycles. The molecular formula is C21H24FN3O2. The molecule has 0 bridgehead atoms. The van der Waals surface area contributed by atoms with Crippen molar-refractivity contribution < 1.29 is 13.9 Å². The van der Waals surface area contributed by atoms with E-state index in [1.165, 1.54) is 12.1 Å². The van der Waals surface area contributed by atoms with Gasteiger partial charge in [-0.1, -0.05) is 13.0 Å². The molecule has 1 aliphatic heterocycles. The second-order valence-electron chi connectivity index (χ2n) is 6.65. The SMILES string of the molecule is CCC(NCc1nc2cc(F)ccc2n1CC)c1ccc2c(c1)OCCO2. The molecule has 2 aromatic carbocycles. The number of imidazole rings is 1. The van der Waals surface area contributed by atoms with E-state index in [1.54, 1.807) is 6.07 Å². The number of aromatic nitrogens is 2. The normalized spacial score (nSPS) is 14.5. The van der Waals surface area contributed by atoms with Crippen molar-refractivity contribution in [3.63, 3.8) is 0 Å². The predicted octanol–water partition coefficient (Wildman–Crippen LogP) is 4.21. The average Bonchev–Trinajstić information content (AvgIpc) is 3.04. The van der Waals surface area contributed by atoms with Gasteiger partial charge in [-0.15, -0.1) is 0 Å². The fourth-order valence-electron chi connectivity index (χ4n) is 3.63. The highest BCUT2D eigenvalue weighted by molar-refractivity contribution is 5.76. The van der Waals surface area contributed by atoms with Crippen LogP contribution >= 0.6 is 0 Å². The first-order chi connectivity index (χ1) is 13.2. The molecular weight excluding hydrogens is 345 g/mol. The largest absolute Gasteiger partial charge is 0.486 e. The van der Waals surface area contributed by atoms with Crippen molar-refractivity contribution in [1.29, 1.82) is 0 Å². The van der Waals surface area contributed by atoms with E-state index in [0.29, 0.717) is 25.3 Å². The van der Waals surface area contributed by atoms with Crippen LogP contribution < -0.4 is 14.8 Å². The van der Waals surface area contributed by atoms with Crippen LogP contribution in [0.25, 0.3) is 11.0 Å². The highest BCUT2D eigenvalue weighted by Crippen LogP contribution is 2.33. The van der Waals surface area contributed by atoms with Crippen molar-refractivity contribution in [1.82, 2.24) is 14.9 Å². The number of fused-ring (bicyclic) bond motifs is 2. The quantitative estimate of drug-likeness (QED) is 0.707. The number of nitrogens with one attached hydrogen (secondary N) is 1. The third-order valence-corrected chi connectivity index (χ3v) is 4.99. The van der Waals surface area contributed by atoms with Crippen LogP contribution in [0, 0.1) is 5.82 Å². The highest BCUT2D eigenvalue weighted by atomic mass is 19.1. The molecule has 3 aromatic rings. The zero-order chi connectivity index (χ0) is 18.8. The third kappa shape index (κ3) is 3.49. The molecule has 2 heterocycles. The molecule has 0 aliphatic carbocycles. The van der Waals surface area contributed by atoms with Crippen LogP contribution in [-0.4, -0.2) is 22.8 Å². The van der Waals surface area contributed by atoms with E-state index in [2.05, 4.69) is 34.8 Å². The predicted molar refractivity (Wildman–Crippen MR) is 103 cm³/mol. The minimum absolute atomic E-state index is 0.169. The van der Waals surface area contributed by atoms with Gasteiger partial charge in [0.2, 0.25) is 0 Å². The smallest absolute Gasteiger partial charge is 0.161 e. The van der Waals surface area contributed by atoms with E-state index >= 15 is 0 Å². The number of ether oxygens (including phenoxy) is 2. The topological polar surface area (TPSA) is 48.3 Å². The molecule has 1 aliphatic rings. The van der Waals surface area contributed by atoms with Gasteiger partial charge in [0.15, 0.2) is 11.5 Å². The van der Waals surface area contributed by atoms with E-state index in [-0.39, 0.29) is 11.9 Å². The summed E-state index contributed by atoms with van der Waals surface area (Å²) in [5.74, 6) is 2.25. The first-order valence-corrected chi connectivity index (χ1v) is 9.47. The highest BCUT2D eigenvalue weighted by Gasteiger charge is 2.17. The summed E-state index contributed by atoms with van der Waals surface area (Å²) in [6, 6.07) is 11.0. The molecule has 6 heteroatoms. The van der Waals surface area contributed by atoms with Crippen molar-refractivity contribution in [2.45, 2.75) is 39.4 Å². The molecule has 1 unspecified atom stereocenters. The van der Waals surface area contributed by atoms with Crippen molar-refractivity contribution in [2.24, 2.45) is 0 Å². The fraction of sp³-hybridized carbons (Fsp3) is 0.381. The summed E-state index contributed by atoms with van der Waals surface area (Å²) in [7, 11) is 0. The molecule has 0 spiro atoms. The number of benzene rings is 2. The molecule has 0 saturated heterocycles. The van der Waals surface area contributed by atoms with Crippen LogP contribution in [0.5, 0.6) is 11.5 Å². The molecule has 0 fully saturated rings. The van der Waals surface area contributed by atoms with E-state index in [4.69, 9.17) is 9.47 Å². The third-order valence-electron chi connectivity index (χ3n) is 4.99. The van der Waals surface area contributed by atoms with Gasteiger partial charge in [0.1, 0.15) is 24.9 Å². The lowest BCUT2D eigenvalue weighted by molar-refractivity contribution is 0.171. The van der Waals surface area contributed by atoms with Gasteiger partial charge >= 0.3 is 0 Å². The van der Waals surface area contributed by atoms with Crippen LogP contribution in [0.3, 0.4) is 0 Å². The Labute approximate surface area is 158 Å².